The Labute approximate surface area is 122 Å². The molecule has 116 valence electrons. The lowest BCUT2D eigenvalue weighted by atomic mass is 10.0. The normalized spacial score (nSPS) is 24.8. The Bertz CT molecular complexity index is 308. The molecule has 1 unspecified atom stereocenters. The van der Waals surface area contributed by atoms with Crippen molar-refractivity contribution < 1.29 is 9.53 Å². The van der Waals surface area contributed by atoms with Gasteiger partial charge >= 0.3 is 0 Å². The standard InChI is InChI=1S/C15H29N3O2/c1-15(2,18-8-10-20-11-9-18)12-17-14(19)6-5-13-4-3-7-16-13/h13,16H,3-12H2,1-2H3,(H,17,19). The molecule has 5 heteroatoms. The van der Waals surface area contributed by atoms with Crippen molar-refractivity contribution in [3.63, 3.8) is 0 Å². The van der Waals surface area contributed by atoms with Crippen molar-refractivity contribution in [1.29, 1.82) is 0 Å². The molecule has 0 saturated carbocycles. The number of hydrogen-bond acceptors (Lipinski definition) is 4. The van der Waals surface area contributed by atoms with E-state index in [-0.39, 0.29) is 11.4 Å². The second kappa shape index (κ2) is 7.38. The maximum Gasteiger partial charge on any atom is 0.220 e. The summed E-state index contributed by atoms with van der Waals surface area (Å²) in [5.74, 6) is 0.181. The first-order chi connectivity index (χ1) is 9.58. The molecular formula is C15H29N3O2. The molecule has 1 atom stereocenters. The number of carbonyl (C=O) groups is 1. The number of amides is 1. The SMILES string of the molecule is CC(C)(CNC(=O)CCC1CCCN1)N1CCOCC1. The number of hydrogen-bond donors (Lipinski definition) is 2. The predicted molar refractivity (Wildman–Crippen MR) is 79.7 cm³/mol. The second-order valence-electron chi connectivity index (χ2n) is 6.52. The number of morpholine rings is 1. The molecule has 0 aliphatic carbocycles. The number of ether oxygens (including phenoxy) is 1. The summed E-state index contributed by atoms with van der Waals surface area (Å²) in [4.78, 5) is 14.3. The number of rotatable bonds is 6. The van der Waals surface area contributed by atoms with Crippen LogP contribution in [0, 0.1) is 0 Å². The zero-order chi connectivity index (χ0) is 14.4. The van der Waals surface area contributed by atoms with Gasteiger partial charge in [0.1, 0.15) is 0 Å². The highest BCUT2D eigenvalue weighted by molar-refractivity contribution is 5.76. The number of carbonyl (C=O) groups excluding carboxylic acids is 1. The Morgan fingerprint density at radius 2 is 2.15 bits per heavy atom. The van der Waals surface area contributed by atoms with Crippen molar-refractivity contribution in [1.82, 2.24) is 15.5 Å². The lowest BCUT2D eigenvalue weighted by Crippen LogP contribution is -2.55. The molecule has 20 heavy (non-hydrogen) atoms. The summed E-state index contributed by atoms with van der Waals surface area (Å²) in [6, 6.07) is 0.549. The van der Waals surface area contributed by atoms with Gasteiger partial charge in [0.2, 0.25) is 5.91 Å². The summed E-state index contributed by atoms with van der Waals surface area (Å²) in [7, 11) is 0. The molecule has 2 aliphatic rings. The minimum Gasteiger partial charge on any atom is -0.379 e. The van der Waals surface area contributed by atoms with E-state index in [1.54, 1.807) is 0 Å². The molecule has 0 bridgehead atoms. The fraction of sp³-hybridized carbons (Fsp3) is 0.933. The average Bonchev–Trinajstić information content (AvgIpc) is 2.97. The fourth-order valence-corrected chi connectivity index (χ4v) is 2.99. The second-order valence-corrected chi connectivity index (χ2v) is 6.52. The van der Waals surface area contributed by atoms with Gasteiger partial charge in [0, 0.05) is 37.6 Å². The smallest absolute Gasteiger partial charge is 0.220 e. The van der Waals surface area contributed by atoms with Gasteiger partial charge in [-0.05, 0) is 39.7 Å². The van der Waals surface area contributed by atoms with Crippen LogP contribution in [0.4, 0.5) is 0 Å². The van der Waals surface area contributed by atoms with Crippen LogP contribution < -0.4 is 10.6 Å². The Kier molecular flexibility index (Phi) is 5.81. The molecule has 2 saturated heterocycles. The highest BCUT2D eigenvalue weighted by atomic mass is 16.5. The molecule has 1 amide bonds. The van der Waals surface area contributed by atoms with Gasteiger partial charge in [-0.1, -0.05) is 0 Å². The minimum absolute atomic E-state index is 0.00501. The van der Waals surface area contributed by atoms with Crippen LogP contribution in [0.2, 0.25) is 0 Å². The van der Waals surface area contributed by atoms with E-state index in [4.69, 9.17) is 4.74 Å². The van der Waals surface area contributed by atoms with Gasteiger partial charge < -0.3 is 15.4 Å². The van der Waals surface area contributed by atoms with Gasteiger partial charge in [0.25, 0.3) is 0 Å². The van der Waals surface area contributed by atoms with Crippen LogP contribution in [0.3, 0.4) is 0 Å². The molecule has 5 nitrogen and oxygen atoms in total. The third-order valence-corrected chi connectivity index (χ3v) is 4.47. The summed E-state index contributed by atoms with van der Waals surface area (Å²) in [5, 5.41) is 6.53. The van der Waals surface area contributed by atoms with Gasteiger partial charge in [-0.15, -0.1) is 0 Å². The van der Waals surface area contributed by atoms with Crippen LogP contribution >= 0.6 is 0 Å². The van der Waals surface area contributed by atoms with Gasteiger partial charge in [-0.25, -0.2) is 0 Å². The first-order valence-corrected chi connectivity index (χ1v) is 7.91. The third-order valence-electron chi connectivity index (χ3n) is 4.47. The van der Waals surface area contributed by atoms with Gasteiger partial charge in [0.05, 0.1) is 13.2 Å². The zero-order valence-corrected chi connectivity index (χ0v) is 12.9. The van der Waals surface area contributed by atoms with Gasteiger partial charge in [-0.3, -0.25) is 9.69 Å². The summed E-state index contributed by atoms with van der Waals surface area (Å²) in [6.45, 7) is 9.70. The molecule has 2 aliphatic heterocycles. The van der Waals surface area contributed by atoms with Crippen molar-refractivity contribution >= 4 is 5.91 Å². The molecule has 2 heterocycles. The highest BCUT2D eigenvalue weighted by Crippen LogP contribution is 2.15. The summed E-state index contributed by atoms with van der Waals surface area (Å²) in [6.07, 6.45) is 4.06. The maximum absolute atomic E-state index is 11.9. The molecular weight excluding hydrogens is 254 g/mol. The van der Waals surface area contributed by atoms with E-state index in [0.29, 0.717) is 19.0 Å². The van der Waals surface area contributed by atoms with Crippen LogP contribution in [0.15, 0.2) is 0 Å². The van der Waals surface area contributed by atoms with E-state index in [1.165, 1.54) is 12.8 Å². The fourth-order valence-electron chi connectivity index (χ4n) is 2.99. The first kappa shape index (κ1) is 15.7. The number of nitrogens with zero attached hydrogens (tertiary/aromatic N) is 1. The molecule has 0 radical (unpaired) electrons. The number of nitrogens with one attached hydrogen (secondary N) is 2. The monoisotopic (exact) mass is 283 g/mol. The Morgan fingerprint density at radius 3 is 2.80 bits per heavy atom. The molecule has 2 rings (SSSR count). The lowest BCUT2D eigenvalue weighted by molar-refractivity contribution is -0.122. The van der Waals surface area contributed by atoms with Crippen molar-refractivity contribution in [2.24, 2.45) is 0 Å². The van der Waals surface area contributed by atoms with Crippen LogP contribution in [0.5, 0.6) is 0 Å². The van der Waals surface area contributed by atoms with Crippen molar-refractivity contribution in [2.75, 3.05) is 39.4 Å². The van der Waals surface area contributed by atoms with E-state index in [2.05, 4.69) is 29.4 Å². The van der Waals surface area contributed by atoms with E-state index in [9.17, 15) is 4.79 Å². The van der Waals surface area contributed by atoms with E-state index < -0.39 is 0 Å². The molecule has 0 spiro atoms. The molecule has 0 aromatic rings. The summed E-state index contributed by atoms with van der Waals surface area (Å²) < 4.78 is 5.38. The molecule has 2 fully saturated rings. The van der Waals surface area contributed by atoms with E-state index in [1.807, 2.05) is 0 Å². The molecule has 2 N–H and O–H groups in total. The summed E-state index contributed by atoms with van der Waals surface area (Å²) in [5.41, 5.74) is 0.00501. The molecule has 0 aromatic carbocycles. The zero-order valence-electron chi connectivity index (χ0n) is 12.9. The predicted octanol–water partition coefficient (Wildman–Crippen LogP) is 0.746. The van der Waals surface area contributed by atoms with Crippen LogP contribution in [-0.2, 0) is 9.53 Å². The van der Waals surface area contributed by atoms with Crippen molar-refractivity contribution in [3.8, 4) is 0 Å². The van der Waals surface area contributed by atoms with E-state index >= 15 is 0 Å². The topological polar surface area (TPSA) is 53.6 Å². The largest absolute Gasteiger partial charge is 0.379 e. The molecule has 0 aromatic heterocycles. The van der Waals surface area contributed by atoms with Crippen molar-refractivity contribution in [3.05, 3.63) is 0 Å². The lowest BCUT2D eigenvalue weighted by Gasteiger charge is -2.40. The van der Waals surface area contributed by atoms with E-state index in [0.717, 1.165) is 39.3 Å². The van der Waals surface area contributed by atoms with Crippen LogP contribution in [-0.4, -0.2) is 61.8 Å². The van der Waals surface area contributed by atoms with Gasteiger partial charge in [-0.2, -0.15) is 0 Å². The minimum atomic E-state index is 0.00501. The average molecular weight is 283 g/mol. The summed E-state index contributed by atoms with van der Waals surface area (Å²) >= 11 is 0. The highest BCUT2D eigenvalue weighted by Gasteiger charge is 2.28. The third kappa shape index (κ3) is 4.72. The quantitative estimate of drug-likeness (QED) is 0.755. The maximum atomic E-state index is 11.9. The Hall–Kier alpha value is -0.650. The van der Waals surface area contributed by atoms with Crippen LogP contribution in [0.25, 0.3) is 0 Å². The first-order valence-electron chi connectivity index (χ1n) is 7.91. The van der Waals surface area contributed by atoms with Crippen LogP contribution in [0.1, 0.15) is 39.5 Å². The van der Waals surface area contributed by atoms with Gasteiger partial charge in [0.15, 0.2) is 0 Å². The Morgan fingerprint density at radius 1 is 1.40 bits per heavy atom. The Balaban J connectivity index is 1.65. The van der Waals surface area contributed by atoms with Crippen molar-refractivity contribution in [2.45, 2.75) is 51.1 Å².